The maximum absolute atomic E-state index is 11.4. The molecule has 1 aliphatic rings. The summed E-state index contributed by atoms with van der Waals surface area (Å²) in [5.41, 5.74) is 3.95. The van der Waals surface area contributed by atoms with Crippen molar-refractivity contribution in [2.45, 2.75) is 0 Å². The largest absolute Gasteiger partial charge is 0.485 e. The lowest BCUT2D eigenvalue weighted by molar-refractivity contribution is -0.132. The molecule has 0 saturated carbocycles. The molecule has 40 heavy (non-hydrogen) atoms. The first kappa shape index (κ1) is 25.4. The standard InChI is InChI=1S/C32H22N2O4S2/c33-20-22(32(35)36)19-28-29-30(38-18-17-37-29)31(40-28)27-16-15-26(39-27)21-11-13-25(14-12-21)34(23-7-3-1-4-8-23)24-9-5-2-6-10-24/h1-16,19H,17-18H2,(H,35,36)/b22-19+. The topological polar surface area (TPSA) is 82.8 Å². The van der Waals surface area contributed by atoms with E-state index in [0.717, 1.165) is 37.3 Å². The van der Waals surface area contributed by atoms with Crippen LogP contribution in [0.5, 0.6) is 11.5 Å². The first-order chi connectivity index (χ1) is 19.6. The SMILES string of the molecule is N#C/C(=C\c1sc(-c2ccc(-c3ccc(N(c4ccccc4)c4ccccc4)cc3)s2)c2c1OCCO2)C(=O)O. The Morgan fingerprint density at radius 2 is 1.35 bits per heavy atom. The number of carbonyl (C=O) groups is 1. The van der Waals surface area contributed by atoms with E-state index in [9.17, 15) is 15.2 Å². The quantitative estimate of drug-likeness (QED) is 0.158. The minimum atomic E-state index is -1.28. The Hall–Kier alpha value is -4.84. The van der Waals surface area contributed by atoms with Gasteiger partial charge in [0.15, 0.2) is 11.5 Å². The molecular weight excluding hydrogens is 540 g/mol. The number of hydrogen-bond donors (Lipinski definition) is 1. The minimum Gasteiger partial charge on any atom is -0.485 e. The molecule has 0 fully saturated rings. The second-order valence-electron chi connectivity index (χ2n) is 8.84. The molecule has 0 aliphatic carbocycles. The number of anilines is 3. The summed E-state index contributed by atoms with van der Waals surface area (Å²) < 4.78 is 11.8. The zero-order valence-corrected chi connectivity index (χ0v) is 22.7. The highest BCUT2D eigenvalue weighted by Crippen LogP contribution is 2.52. The fourth-order valence-corrected chi connectivity index (χ4v) is 6.75. The number of carboxylic acid groups (broad SMARTS) is 1. The summed E-state index contributed by atoms with van der Waals surface area (Å²) in [4.78, 5) is 17.1. The number of hydrogen-bond acceptors (Lipinski definition) is 7. The molecule has 3 heterocycles. The minimum absolute atomic E-state index is 0.350. The molecule has 8 heteroatoms. The fourth-order valence-electron chi connectivity index (χ4n) is 4.49. The summed E-state index contributed by atoms with van der Waals surface area (Å²) in [5, 5.41) is 18.5. The highest BCUT2D eigenvalue weighted by Gasteiger charge is 2.26. The van der Waals surface area contributed by atoms with Crippen LogP contribution in [0.1, 0.15) is 4.88 Å². The molecule has 0 atom stereocenters. The number of aliphatic carboxylic acids is 1. The van der Waals surface area contributed by atoms with Gasteiger partial charge in [0.25, 0.3) is 0 Å². The van der Waals surface area contributed by atoms with Crippen LogP contribution in [0.3, 0.4) is 0 Å². The van der Waals surface area contributed by atoms with E-state index in [-0.39, 0.29) is 5.57 Å². The van der Waals surface area contributed by atoms with Crippen LogP contribution in [0.15, 0.2) is 103 Å². The van der Waals surface area contributed by atoms with Crippen LogP contribution in [-0.4, -0.2) is 24.3 Å². The lowest BCUT2D eigenvalue weighted by atomic mass is 10.1. The van der Waals surface area contributed by atoms with Gasteiger partial charge in [0.2, 0.25) is 0 Å². The van der Waals surface area contributed by atoms with Crippen molar-refractivity contribution in [2.75, 3.05) is 18.1 Å². The maximum Gasteiger partial charge on any atom is 0.346 e. The van der Waals surface area contributed by atoms with Crippen LogP contribution in [-0.2, 0) is 4.79 Å². The number of benzene rings is 3. The van der Waals surface area contributed by atoms with Gasteiger partial charge in [-0.25, -0.2) is 4.79 Å². The number of fused-ring (bicyclic) bond motifs is 1. The monoisotopic (exact) mass is 562 g/mol. The van der Waals surface area contributed by atoms with E-state index in [0.29, 0.717) is 29.6 Å². The summed E-state index contributed by atoms with van der Waals surface area (Å²) in [7, 11) is 0. The fraction of sp³-hybridized carbons (Fsp3) is 0.0625. The zero-order chi connectivity index (χ0) is 27.5. The van der Waals surface area contributed by atoms with Crippen LogP contribution >= 0.6 is 22.7 Å². The number of nitriles is 1. The molecule has 6 rings (SSSR count). The molecule has 0 saturated heterocycles. The first-order valence-corrected chi connectivity index (χ1v) is 14.1. The Labute approximate surface area is 239 Å². The number of thiophene rings is 2. The van der Waals surface area contributed by atoms with Gasteiger partial charge in [-0.2, -0.15) is 5.26 Å². The van der Waals surface area contributed by atoms with Crippen molar-refractivity contribution in [1.82, 2.24) is 0 Å². The molecule has 0 spiro atoms. The van der Waals surface area contributed by atoms with E-state index >= 15 is 0 Å². The average molecular weight is 563 g/mol. The molecule has 1 aliphatic heterocycles. The average Bonchev–Trinajstić information content (AvgIpc) is 3.63. The molecule has 1 N–H and O–H groups in total. The van der Waals surface area contributed by atoms with Gasteiger partial charge < -0.3 is 19.5 Å². The van der Waals surface area contributed by atoms with E-state index < -0.39 is 5.97 Å². The first-order valence-electron chi connectivity index (χ1n) is 12.5. The van der Waals surface area contributed by atoms with Crippen molar-refractivity contribution in [3.05, 3.63) is 108 Å². The van der Waals surface area contributed by atoms with E-state index in [1.165, 1.54) is 17.4 Å². The molecule has 0 unspecified atom stereocenters. The lowest BCUT2D eigenvalue weighted by Gasteiger charge is -2.25. The van der Waals surface area contributed by atoms with Crippen molar-refractivity contribution in [3.8, 4) is 37.8 Å². The van der Waals surface area contributed by atoms with E-state index in [1.807, 2.05) is 42.5 Å². The zero-order valence-electron chi connectivity index (χ0n) is 21.1. The van der Waals surface area contributed by atoms with Gasteiger partial charge >= 0.3 is 5.97 Å². The van der Waals surface area contributed by atoms with Crippen LogP contribution in [0.2, 0.25) is 0 Å². The normalized spacial score (nSPS) is 12.5. The smallest absolute Gasteiger partial charge is 0.346 e. The highest BCUT2D eigenvalue weighted by atomic mass is 32.1. The molecule has 3 aromatic carbocycles. The highest BCUT2D eigenvalue weighted by molar-refractivity contribution is 7.24. The third-order valence-corrected chi connectivity index (χ3v) is 8.73. The van der Waals surface area contributed by atoms with Gasteiger partial charge in [-0.1, -0.05) is 48.5 Å². The third-order valence-electron chi connectivity index (χ3n) is 6.32. The predicted octanol–water partition coefficient (Wildman–Crippen LogP) is 8.38. The van der Waals surface area contributed by atoms with Gasteiger partial charge in [-0.3, -0.25) is 0 Å². The molecule has 0 radical (unpaired) electrons. The summed E-state index contributed by atoms with van der Waals surface area (Å²) in [6.07, 6.45) is 1.35. The number of ether oxygens (including phenoxy) is 2. The molecule has 196 valence electrons. The van der Waals surface area contributed by atoms with Crippen LogP contribution in [0.4, 0.5) is 17.1 Å². The van der Waals surface area contributed by atoms with Crippen LogP contribution < -0.4 is 14.4 Å². The van der Waals surface area contributed by atoms with E-state index in [1.54, 1.807) is 17.4 Å². The van der Waals surface area contributed by atoms with Crippen molar-refractivity contribution in [2.24, 2.45) is 0 Å². The summed E-state index contributed by atoms with van der Waals surface area (Å²) >= 11 is 2.98. The number of carboxylic acids is 1. The summed E-state index contributed by atoms with van der Waals surface area (Å²) in [6, 6.07) is 34.9. The predicted molar refractivity (Wildman–Crippen MR) is 160 cm³/mol. The van der Waals surface area contributed by atoms with Gasteiger partial charge in [0.1, 0.15) is 24.9 Å². The van der Waals surface area contributed by atoms with Crippen molar-refractivity contribution < 1.29 is 19.4 Å². The second kappa shape index (κ2) is 11.1. The van der Waals surface area contributed by atoms with Crippen molar-refractivity contribution in [3.63, 3.8) is 0 Å². The lowest BCUT2D eigenvalue weighted by Crippen LogP contribution is -2.14. The molecular formula is C32H22N2O4S2. The number of rotatable bonds is 7. The Bertz CT molecular complexity index is 1690. The van der Waals surface area contributed by atoms with Gasteiger partial charge in [-0.15, -0.1) is 22.7 Å². The Balaban J connectivity index is 1.33. The molecule has 6 nitrogen and oxygen atoms in total. The Kier molecular flexibility index (Phi) is 7.06. The van der Waals surface area contributed by atoms with Gasteiger partial charge in [-0.05, 0) is 60.2 Å². The second-order valence-corrected chi connectivity index (χ2v) is 11.0. The van der Waals surface area contributed by atoms with Crippen molar-refractivity contribution >= 4 is 51.8 Å². The maximum atomic E-state index is 11.4. The van der Waals surface area contributed by atoms with Gasteiger partial charge in [0, 0.05) is 26.8 Å². The summed E-state index contributed by atoms with van der Waals surface area (Å²) in [5.74, 6) is -0.195. The van der Waals surface area contributed by atoms with Crippen molar-refractivity contribution in [1.29, 1.82) is 5.26 Å². The van der Waals surface area contributed by atoms with Gasteiger partial charge in [0.05, 0.1) is 9.75 Å². The molecule has 0 bridgehead atoms. The van der Waals surface area contributed by atoms with E-state index in [2.05, 4.69) is 59.5 Å². The Morgan fingerprint density at radius 3 is 1.95 bits per heavy atom. The number of nitrogens with zero attached hydrogens (tertiary/aromatic N) is 2. The molecule has 5 aromatic rings. The summed E-state index contributed by atoms with van der Waals surface area (Å²) in [6.45, 7) is 0.771. The Morgan fingerprint density at radius 1 is 0.775 bits per heavy atom. The van der Waals surface area contributed by atoms with Crippen LogP contribution in [0, 0.1) is 11.3 Å². The van der Waals surface area contributed by atoms with E-state index in [4.69, 9.17) is 9.47 Å². The number of para-hydroxylation sites is 2. The third kappa shape index (κ3) is 4.96. The molecule has 2 aromatic heterocycles. The van der Waals surface area contributed by atoms with Crippen LogP contribution in [0.25, 0.3) is 26.3 Å². The molecule has 0 amide bonds.